The van der Waals surface area contributed by atoms with Crippen LogP contribution < -0.4 is 5.73 Å². The number of hydrogen-bond donors (Lipinski definition) is 2. The van der Waals surface area contributed by atoms with Crippen LogP contribution in [0.25, 0.3) is 0 Å². The molecule has 0 unspecified atom stereocenters. The lowest BCUT2D eigenvalue weighted by molar-refractivity contribution is 0.0870. The summed E-state index contributed by atoms with van der Waals surface area (Å²) < 4.78 is 0. The highest BCUT2D eigenvalue weighted by atomic mass is 16.3. The number of rotatable bonds is 3. The van der Waals surface area contributed by atoms with Gasteiger partial charge < -0.3 is 10.8 Å². The van der Waals surface area contributed by atoms with Crippen molar-refractivity contribution in [3.8, 4) is 0 Å². The first-order chi connectivity index (χ1) is 4.67. The molecule has 0 aliphatic carbocycles. The molecule has 0 aliphatic rings. The molecule has 3 N–H and O–H groups in total. The minimum Gasteiger partial charge on any atom is -0.393 e. The Morgan fingerprint density at radius 3 is 1.73 bits per heavy atom. The topological polar surface area (TPSA) is 46.2 Å². The van der Waals surface area contributed by atoms with Crippen molar-refractivity contribution in [2.75, 3.05) is 0 Å². The van der Waals surface area contributed by atoms with Crippen molar-refractivity contribution >= 4 is 0 Å². The van der Waals surface area contributed by atoms with Crippen molar-refractivity contribution < 1.29 is 5.11 Å². The van der Waals surface area contributed by atoms with Gasteiger partial charge in [0, 0.05) is 5.54 Å². The summed E-state index contributed by atoms with van der Waals surface area (Å²) in [6, 6.07) is 0. The van der Waals surface area contributed by atoms with Crippen LogP contribution in [0.2, 0.25) is 0 Å². The summed E-state index contributed by atoms with van der Waals surface area (Å²) in [6.07, 6.45) is 0.476. The molecule has 0 saturated carbocycles. The van der Waals surface area contributed by atoms with E-state index < -0.39 is 0 Å². The summed E-state index contributed by atoms with van der Waals surface area (Å²) in [4.78, 5) is 0. The first kappa shape index (κ1) is 10.9. The zero-order valence-corrected chi connectivity index (χ0v) is 8.31. The summed E-state index contributed by atoms with van der Waals surface area (Å²) in [6.45, 7) is 9.96. The van der Waals surface area contributed by atoms with E-state index in [1.165, 1.54) is 0 Å². The molecule has 68 valence electrons. The lowest BCUT2D eigenvalue weighted by Gasteiger charge is -2.39. The van der Waals surface area contributed by atoms with Crippen LogP contribution in [-0.4, -0.2) is 16.7 Å². The van der Waals surface area contributed by atoms with Gasteiger partial charge in [0.05, 0.1) is 6.10 Å². The number of aliphatic hydroxyl groups is 1. The lowest BCUT2D eigenvalue weighted by atomic mass is 9.72. The van der Waals surface area contributed by atoms with E-state index in [2.05, 4.69) is 13.8 Å². The van der Waals surface area contributed by atoms with E-state index in [4.69, 9.17) is 5.73 Å². The van der Waals surface area contributed by atoms with Crippen LogP contribution in [0, 0.1) is 5.41 Å². The van der Waals surface area contributed by atoms with Crippen molar-refractivity contribution in [3.05, 3.63) is 0 Å². The van der Waals surface area contributed by atoms with Crippen molar-refractivity contribution in [2.45, 2.75) is 52.7 Å². The molecule has 1 atom stereocenters. The molecule has 2 heteroatoms. The second kappa shape index (κ2) is 3.11. The SMILES string of the molecule is C[C@H](O)CC(C)(C)C(C)(C)N. The fraction of sp³-hybridized carbons (Fsp3) is 1.00. The summed E-state index contributed by atoms with van der Waals surface area (Å²) in [5, 5.41) is 9.20. The van der Waals surface area contributed by atoms with Gasteiger partial charge in [0.1, 0.15) is 0 Å². The number of hydrogen-bond acceptors (Lipinski definition) is 2. The zero-order chi connectivity index (χ0) is 9.28. The molecule has 0 amide bonds. The monoisotopic (exact) mass is 159 g/mol. The predicted octanol–water partition coefficient (Wildman–Crippen LogP) is 1.52. The molecular formula is C9H21NO. The molecule has 0 rings (SSSR count). The minimum atomic E-state index is -0.271. The molecule has 0 aromatic carbocycles. The fourth-order valence-electron chi connectivity index (χ4n) is 1.00. The van der Waals surface area contributed by atoms with Gasteiger partial charge in [0.25, 0.3) is 0 Å². The van der Waals surface area contributed by atoms with Crippen molar-refractivity contribution in [1.29, 1.82) is 0 Å². The maximum Gasteiger partial charge on any atom is 0.0517 e. The van der Waals surface area contributed by atoms with Crippen LogP contribution in [0.1, 0.15) is 41.0 Å². The quantitative estimate of drug-likeness (QED) is 0.656. The summed E-state index contributed by atoms with van der Waals surface area (Å²) in [5.74, 6) is 0. The van der Waals surface area contributed by atoms with Crippen LogP contribution in [0.4, 0.5) is 0 Å². The van der Waals surface area contributed by atoms with Crippen LogP contribution in [-0.2, 0) is 0 Å². The highest BCUT2D eigenvalue weighted by Crippen LogP contribution is 2.32. The molecule has 0 bridgehead atoms. The molecule has 0 spiro atoms. The van der Waals surface area contributed by atoms with E-state index >= 15 is 0 Å². The van der Waals surface area contributed by atoms with Gasteiger partial charge in [-0.15, -0.1) is 0 Å². The Labute approximate surface area is 69.8 Å². The zero-order valence-electron chi connectivity index (χ0n) is 8.31. The van der Waals surface area contributed by atoms with Gasteiger partial charge in [0.15, 0.2) is 0 Å². The first-order valence-corrected chi connectivity index (χ1v) is 4.14. The Morgan fingerprint density at radius 1 is 1.27 bits per heavy atom. The van der Waals surface area contributed by atoms with Crippen LogP contribution >= 0.6 is 0 Å². The van der Waals surface area contributed by atoms with Crippen LogP contribution in [0.5, 0.6) is 0 Å². The highest BCUT2D eigenvalue weighted by Gasteiger charge is 2.33. The van der Waals surface area contributed by atoms with E-state index in [0.29, 0.717) is 0 Å². The summed E-state index contributed by atoms with van der Waals surface area (Å²) >= 11 is 0. The molecule has 0 fully saturated rings. The molecule has 0 aliphatic heterocycles. The van der Waals surface area contributed by atoms with Crippen LogP contribution in [0.3, 0.4) is 0 Å². The third-order valence-electron chi connectivity index (χ3n) is 2.55. The fourth-order valence-corrected chi connectivity index (χ4v) is 1.00. The molecule has 0 aromatic heterocycles. The van der Waals surface area contributed by atoms with Crippen molar-refractivity contribution in [1.82, 2.24) is 0 Å². The largest absolute Gasteiger partial charge is 0.393 e. The summed E-state index contributed by atoms with van der Waals surface area (Å²) in [5.41, 5.74) is 5.71. The lowest BCUT2D eigenvalue weighted by Crippen LogP contribution is -2.48. The molecule has 0 aromatic rings. The van der Waals surface area contributed by atoms with Gasteiger partial charge in [-0.25, -0.2) is 0 Å². The van der Waals surface area contributed by atoms with Gasteiger partial charge in [-0.05, 0) is 32.6 Å². The van der Waals surface area contributed by atoms with Gasteiger partial charge in [-0.3, -0.25) is 0 Å². The molecule has 2 nitrogen and oxygen atoms in total. The average Bonchev–Trinajstić information content (AvgIpc) is 1.56. The first-order valence-electron chi connectivity index (χ1n) is 4.14. The standard InChI is InChI=1S/C9H21NO/c1-7(11)6-8(2,3)9(4,5)10/h7,11H,6,10H2,1-5H3/t7-/m0/s1. The number of nitrogens with two attached hydrogens (primary N) is 1. The maximum atomic E-state index is 9.20. The Balaban J connectivity index is 4.22. The molecule has 0 radical (unpaired) electrons. The summed E-state index contributed by atoms with van der Waals surface area (Å²) in [7, 11) is 0. The third-order valence-corrected chi connectivity index (χ3v) is 2.55. The van der Waals surface area contributed by atoms with E-state index in [1.54, 1.807) is 6.92 Å². The van der Waals surface area contributed by atoms with Crippen molar-refractivity contribution in [3.63, 3.8) is 0 Å². The molecular weight excluding hydrogens is 138 g/mol. The van der Waals surface area contributed by atoms with E-state index in [0.717, 1.165) is 6.42 Å². The Kier molecular flexibility index (Phi) is 3.09. The Bertz CT molecular complexity index is 122. The van der Waals surface area contributed by atoms with Gasteiger partial charge >= 0.3 is 0 Å². The number of aliphatic hydroxyl groups excluding tert-OH is 1. The maximum absolute atomic E-state index is 9.20. The smallest absolute Gasteiger partial charge is 0.0517 e. The van der Waals surface area contributed by atoms with Gasteiger partial charge in [0.2, 0.25) is 0 Å². The van der Waals surface area contributed by atoms with Gasteiger partial charge in [-0.1, -0.05) is 13.8 Å². The van der Waals surface area contributed by atoms with Crippen molar-refractivity contribution in [2.24, 2.45) is 11.1 Å². The normalized spacial score (nSPS) is 16.6. The Morgan fingerprint density at radius 2 is 1.64 bits per heavy atom. The molecule has 11 heavy (non-hydrogen) atoms. The molecule has 0 saturated heterocycles. The third kappa shape index (κ3) is 3.21. The molecule has 0 heterocycles. The predicted molar refractivity (Wildman–Crippen MR) is 48.3 cm³/mol. The van der Waals surface area contributed by atoms with E-state index in [1.807, 2.05) is 13.8 Å². The second-order valence-corrected chi connectivity index (χ2v) is 4.66. The van der Waals surface area contributed by atoms with Gasteiger partial charge in [-0.2, -0.15) is 0 Å². The second-order valence-electron chi connectivity index (χ2n) is 4.66. The Hall–Kier alpha value is -0.0800. The van der Waals surface area contributed by atoms with E-state index in [-0.39, 0.29) is 17.1 Å². The highest BCUT2D eigenvalue weighted by molar-refractivity contribution is 4.90. The van der Waals surface area contributed by atoms with E-state index in [9.17, 15) is 5.11 Å². The van der Waals surface area contributed by atoms with Crippen LogP contribution in [0.15, 0.2) is 0 Å². The average molecular weight is 159 g/mol. The minimum absolute atomic E-state index is 0.0127.